The molecule has 0 unspecified atom stereocenters. The monoisotopic (exact) mass is 319 g/mol. The minimum Gasteiger partial charge on any atom is -0.386 e. The third-order valence-corrected chi connectivity index (χ3v) is 3.82. The van der Waals surface area contributed by atoms with E-state index in [0.29, 0.717) is 5.56 Å². The van der Waals surface area contributed by atoms with Crippen LogP contribution in [0.15, 0.2) is 30.3 Å². The van der Waals surface area contributed by atoms with E-state index < -0.39 is 24.0 Å². The van der Waals surface area contributed by atoms with E-state index in [1.54, 1.807) is 24.6 Å². The lowest BCUT2D eigenvalue weighted by molar-refractivity contribution is -0.125. The van der Waals surface area contributed by atoms with E-state index in [4.69, 9.17) is 0 Å². The molecule has 0 aliphatic heterocycles. The molecule has 0 bridgehead atoms. The number of hydrogen-bond donors (Lipinski definition) is 2. The predicted molar refractivity (Wildman–Crippen MR) is 85.4 cm³/mol. The summed E-state index contributed by atoms with van der Waals surface area (Å²) in [4.78, 5) is 12.4. The number of aromatic nitrogens is 2. The fraction of sp³-hybridized carbons (Fsp3) is 0.412. The van der Waals surface area contributed by atoms with Crippen LogP contribution in [0.1, 0.15) is 42.9 Å². The Morgan fingerprint density at radius 3 is 2.57 bits per heavy atom. The van der Waals surface area contributed by atoms with Gasteiger partial charge in [0.2, 0.25) is 5.91 Å². The van der Waals surface area contributed by atoms with Crippen molar-refractivity contribution >= 4 is 5.91 Å². The lowest BCUT2D eigenvalue weighted by atomic mass is 10.0. The Labute approximate surface area is 135 Å². The molecule has 5 nitrogen and oxygen atoms in total. The Morgan fingerprint density at radius 2 is 2.00 bits per heavy atom. The van der Waals surface area contributed by atoms with Gasteiger partial charge in [0.25, 0.3) is 0 Å². The molecule has 0 aliphatic carbocycles. The second kappa shape index (κ2) is 6.91. The highest BCUT2D eigenvalue weighted by atomic mass is 19.1. The van der Waals surface area contributed by atoms with Crippen molar-refractivity contribution in [1.82, 2.24) is 15.1 Å². The van der Waals surface area contributed by atoms with Crippen LogP contribution >= 0.6 is 0 Å². The Hall–Kier alpha value is -2.21. The predicted octanol–water partition coefficient (Wildman–Crippen LogP) is 2.44. The van der Waals surface area contributed by atoms with Crippen LogP contribution in [0, 0.1) is 19.7 Å². The number of rotatable bonds is 5. The van der Waals surface area contributed by atoms with Gasteiger partial charge in [-0.1, -0.05) is 12.1 Å². The maximum absolute atomic E-state index is 13.2. The number of benzene rings is 1. The van der Waals surface area contributed by atoms with Gasteiger partial charge >= 0.3 is 0 Å². The number of aliphatic hydroxyl groups excluding tert-OH is 1. The van der Waals surface area contributed by atoms with Crippen LogP contribution in [0.3, 0.4) is 0 Å². The van der Waals surface area contributed by atoms with E-state index in [1.165, 1.54) is 18.2 Å². The van der Waals surface area contributed by atoms with Crippen LogP contribution in [-0.2, 0) is 4.79 Å². The SMILES string of the molecule is Cc1cc(C)n([C@H](C)C(=O)N[C@H](C)[C@@H](O)c2cccc(F)c2)n1. The molecule has 0 radical (unpaired) electrons. The van der Waals surface area contributed by atoms with Crippen molar-refractivity contribution in [3.05, 3.63) is 53.1 Å². The molecule has 2 N–H and O–H groups in total. The summed E-state index contributed by atoms with van der Waals surface area (Å²) in [7, 11) is 0. The standard InChI is InChI=1S/C17H22FN3O2/c1-10-8-11(2)21(20-10)13(4)17(23)19-12(3)16(22)14-6-5-7-15(18)9-14/h5-9,12-13,16,22H,1-4H3,(H,19,23)/t12-,13-,16-/m1/s1. The third kappa shape index (κ3) is 3.96. The zero-order chi connectivity index (χ0) is 17.1. The van der Waals surface area contributed by atoms with E-state index in [9.17, 15) is 14.3 Å². The quantitative estimate of drug-likeness (QED) is 0.889. The normalized spacial score (nSPS) is 15.0. The Kier molecular flexibility index (Phi) is 5.15. The molecule has 0 saturated heterocycles. The summed E-state index contributed by atoms with van der Waals surface area (Å²) in [5.74, 6) is -0.671. The van der Waals surface area contributed by atoms with E-state index >= 15 is 0 Å². The molecular weight excluding hydrogens is 297 g/mol. The first kappa shape index (κ1) is 17.1. The lowest BCUT2D eigenvalue weighted by Gasteiger charge is -2.23. The summed E-state index contributed by atoms with van der Waals surface area (Å²) in [6.45, 7) is 7.18. The Bertz CT molecular complexity index is 699. The highest BCUT2D eigenvalue weighted by Crippen LogP contribution is 2.19. The molecule has 6 heteroatoms. The molecule has 1 heterocycles. The maximum Gasteiger partial charge on any atom is 0.244 e. The number of nitrogens with one attached hydrogen (secondary N) is 1. The summed E-state index contributed by atoms with van der Waals surface area (Å²) in [5, 5.41) is 17.3. The van der Waals surface area contributed by atoms with Gasteiger partial charge in [-0.05, 0) is 51.5 Å². The molecule has 3 atom stereocenters. The van der Waals surface area contributed by atoms with Gasteiger partial charge in [-0.25, -0.2) is 4.39 Å². The minimum atomic E-state index is -0.984. The molecule has 0 spiro atoms. The third-order valence-electron chi connectivity index (χ3n) is 3.82. The van der Waals surface area contributed by atoms with Gasteiger partial charge in [-0.3, -0.25) is 9.48 Å². The first-order valence-electron chi connectivity index (χ1n) is 7.56. The molecule has 2 aromatic rings. The second-order valence-electron chi connectivity index (χ2n) is 5.84. The second-order valence-corrected chi connectivity index (χ2v) is 5.84. The van der Waals surface area contributed by atoms with Crippen LogP contribution in [0.25, 0.3) is 0 Å². The smallest absolute Gasteiger partial charge is 0.244 e. The molecule has 1 amide bonds. The van der Waals surface area contributed by atoms with E-state index in [-0.39, 0.29) is 5.91 Å². The van der Waals surface area contributed by atoms with Crippen LogP contribution in [0.5, 0.6) is 0 Å². The van der Waals surface area contributed by atoms with Crippen LogP contribution in [0.2, 0.25) is 0 Å². The largest absolute Gasteiger partial charge is 0.386 e. The molecular formula is C17H22FN3O2. The maximum atomic E-state index is 13.2. The molecule has 1 aromatic carbocycles. The molecule has 2 rings (SSSR count). The topological polar surface area (TPSA) is 67.2 Å². The number of carbonyl (C=O) groups is 1. The van der Waals surface area contributed by atoms with Gasteiger partial charge in [0.15, 0.2) is 0 Å². The Morgan fingerprint density at radius 1 is 1.30 bits per heavy atom. The van der Waals surface area contributed by atoms with Crippen molar-refractivity contribution in [3.8, 4) is 0 Å². The summed E-state index contributed by atoms with van der Waals surface area (Å²) in [6, 6.07) is 6.58. The minimum absolute atomic E-state index is 0.251. The van der Waals surface area contributed by atoms with Crippen molar-refractivity contribution in [3.63, 3.8) is 0 Å². The summed E-state index contributed by atoms with van der Waals surface area (Å²) >= 11 is 0. The molecule has 23 heavy (non-hydrogen) atoms. The van der Waals surface area contributed by atoms with E-state index in [2.05, 4.69) is 10.4 Å². The van der Waals surface area contributed by atoms with Crippen molar-refractivity contribution in [1.29, 1.82) is 0 Å². The lowest BCUT2D eigenvalue weighted by Crippen LogP contribution is -2.41. The summed E-state index contributed by atoms with van der Waals surface area (Å²) in [5.41, 5.74) is 2.16. The summed E-state index contributed by atoms with van der Waals surface area (Å²) in [6.07, 6.45) is -0.984. The highest BCUT2D eigenvalue weighted by Gasteiger charge is 2.23. The van der Waals surface area contributed by atoms with Gasteiger partial charge in [-0.15, -0.1) is 0 Å². The summed E-state index contributed by atoms with van der Waals surface area (Å²) < 4.78 is 14.9. The van der Waals surface area contributed by atoms with Crippen molar-refractivity contribution in [2.75, 3.05) is 0 Å². The Balaban J connectivity index is 2.05. The number of carbonyl (C=O) groups excluding carboxylic acids is 1. The number of aryl methyl sites for hydroxylation is 2. The van der Waals surface area contributed by atoms with E-state index in [0.717, 1.165) is 11.4 Å². The molecule has 0 saturated carbocycles. The number of halogens is 1. The zero-order valence-corrected chi connectivity index (χ0v) is 13.7. The van der Waals surface area contributed by atoms with Gasteiger partial charge in [0, 0.05) is 5.69 Å². The fourth-order valence-electron chi connectivity index (χ4n) is 2.55. The van der Waals surface area contributed by atoms with Gasteiger partial charge in [-0.2, -0.15) is 5.10 Å². The number of aliphatic hydroxyl groups is 1. The molecule has 0 fully saturated rings. The fourth-order valence-corrected chi connectivity index (χ4v) is 2.55. The average molecular weight is 319 g/mol. The average Bonchev–Trinajstić information content (AvgIpc) is 2.84. The molecule has 0 aliphatic rings. The zero-order valence-electron chi connectivity index (χ0n) is 13.7. The van der Waals surface area contributed by atoms with Crippen LogP contribution in [0.4, 0.5) is 4.39 Å². The number of nitrogens with zero attached hydrogens (tertiary/aromatic N) is 2. The molecule has 1 aromatic heterocycles. The van der Waals surface area contributed by atoms with Crippen LogP contribution < -0.4 is 5.32 Å². The van der Waals surface area contributed by atoms with Crippen molar-refractivity contribution in [2.24, 2.45) is 0 Å². The van der Waals surface area contributed by atoms with Gasteiger partial charge in [0.05, 0.1) is 17.8 Å². The number of amides is 1. The van der Waals surface area contributed by atoms with Crippen LogP contribution in [-0.4, -0.2) is 26.8 Å². The van der Waals surface area contributed by atoms with Gasteiger partial charge < -0.3 is 10.4 Å². The number of hydrogen-bond acceptors (Lipinski definition) is 3. The molecule has 124 valence electrons. The first-order chi connectivity index (χ1) is 10.8. The van der Waals surface area contributed by atoms with Crippen molar-refractivity contribution in [2.45, 2.75) is 45.9 Å². The van der Waals surface area contributed by atoms with Crippen molar-refractivity contribution < 1.29 is 14.3 Å². The van der Waals surface area contributed by atoms with Gasteiger partial charge in [0.1, 0.15) is 11.9 Å². The first-order valence-corrected chi connectivity index (χ1v) is 7.56. The highest BCUT2D eigenvalue weighted by molar-refractivity contribution is 5.80. The van der Waals surface area contributed by atoms with E-state index in [1.807, 2.05) is 19.9 Å².